The minimum absolute atomic E-state index is 0.0874. The molecule has 0 aromatic carbocycles. The van der Waals surface area contributed by atoms with Crippen molar-refractivity contribution in [2.45, 2.75) is 71.3 Å². The lowest BCUT2D eigenvalue weighted by Gasteiger charge is -2.56. The molecule has 2 amide bonds. The standard InChI is InChI=1S/C21H30N2O3/c1-14(2)17-16(15(3)12-26-17)18(24)23-11-10-22(13-21(23)6-5-7-21)19(25)20(4)8-9-20/h12,14H,5-11,13H2,1-4H3. The van der Waals surface area contributed by atoms with Gasteiger partial charge in [-0.25, -0.2) is 0 Å². The van der Waals surface area contributed by atoms with Crippen LogP contribution in [0, 0.1) is 12.3 Å². The van der Waals surface area contributed by atoms with Crippen LogP contribution in [0.2, 0.25) is 0 Å². The largest absolute Gasteiger partial charge is 0.468 e. The molecule has 0 atom stereocenters. The van der Waals surface area contributed by atoms with E-state index >= 15 is 0 Å². The fourth-order valence-electron chi connectivity index (χ4n) is 4.56. The van der Waals surface area contributed by atoms with Crippen LogP contribution in [0.1, 0.15) is 80.5 Å². The van der Waals surface area contributed by atoms with Crippen LogP contribution < -0.4 is 0 Å². The summed E-state index contributed by atoms with van der Waals surface area (Å²) in [4.78, 5) is 30.4. The van der Waals surface area contributed by atoms with Crippen molar-refractivity contribution in [1.29, 1.82) is 0 Å². The molecule has 0 unspecified atom stereocenters. The van der Waals surface area contributed by atoms with Gasteiger partial charge in [-0.15, -0.1) is 0 Å². The number of piperazine rings is 1. The van der Waals surface area contributed by atoms with Gasteiger partial charge in [0.25, 0.3) is 5.91 Å². The lowest BCUT2D eigenvalue weighted by molar-refractivity contribution is -0.143. The summed E-state index contributed by atoms with van der Waals surface area (Å²) >= 11 is 0. The Morgan fingerprint density at radius 3 is 2.38 bits per heavy atom. The van der Waals surface area contributed by atoms with Gasteiger partial charge in [0.15, 0.2) is 0 Å². The third kappa shape index (κ3) is 2.58. The molecule has 5 heteroatoms. The number of furan rings is 1. The Labute approximate surface area is 155 Å². The first kappa shape index (κ1) is 17.6. The maximum Gasteiger partial charge on any atom is 0.258 e. The summed E-state index contributed by atoms with van der Waals surface area (Å²) < 4.78 is 5.69. The van der Waals surface area contributed by atoms with Crippen LogP contribution in [0.5, 0.6) is 0 Å². The highest BCUT2D eigenvalue weighted by atomic mass is 16.3. The fourth-order valence-corrected chi connectivity index (χ4v) is 4.56. The zero-order valence-corrected chi connectivity index (χ0v) is 16.4. The first-order chi connectivity index (χ1) is 12.3. The minimum atomic E-state index is -0.172. The Bertz CT molecular complexity index is 740. The Kier molecular flexibility index (Phi) is 3.97. The minimum Gasteiger partial charge on any atom is -0.468 e. The maximum absolute atomic E-state index is 13.5. The van der Waals surface area contributed by atoms with E-state index in [1.54, 1.807) is 6.26 Å². The molecule has 5 nitrogen and oxygen atoms in total. The second-order valence-corrected chi connectivity index (χ2v) is 9.13. The second kappa shape index (κ2) is 5.86. The number of carbonyl (C=O) groups is 2. The summed E-state index contributed by atoms with van der Waals surface area (Å²) in [5.74, 6) is 1.34. The molecule has 2 aliphatic carbocycles. The summed E-state index contributed by atoms with van der Waals surface area (Å²) in [6, 6.07) is 0. The van der Waals surface area contributed by atoms with Crippen LogP contribution >= 0.6 is 0 Å². The van der Waals surface area contributed by atoms with Gasteiger partial charge in [-0.1, -0.05) is 20.8 Å². The molecule has 1 aliphatic heterocycles. The molecule has 142 valence electrons. The second-order valence-electron chi connectivity index (χ2n) is 9.13. The molecule has 3 aliphatic rings. The smallest absolute Gasteiger partial charge is 0.258 e. The maximum atomic E-state index is 13.5. The van der Waals surface area contributed by atoms with E-state index in [4.69, 9.17) is 4.42 Å². The molecular formula is C21H30N2O3. The topological polar surface area (TPSA) is 53.8 Å². The van der Waals surface area contributed by atoms with Gasteiger partial charge in [-0.05, 0) is 39.0 Å². The Balaban J connectivity index is 1.59. The number of hydrogen-bond donors (Lipinski definition) is 0. The monoisotopic (exact) mass is 358 g/mol. The van der Waals surface area contributed by atoms with E-state index in [9.17, 15) is 9.59 Å². The normalized spacial score (nSPS) is 23.3. The van der Waals surface area contributed by atoms with Crippen LogP contribution in [0.15, 0.2) is 10.7 Å². The third-order valence-corrected chi connectivity index (χ3v) is 6.73. The van der Waals surface area contributed by atoms with Crippen molar-refractivity contribution in [3.8, 4) is 0 Å². The molecule has 2 saturated carbocycles. The molecule has 1 aromatic rings. The molecule has 26 heavy (non-hydrogen) atoms. The Morgan fingerprint density at radius 1 is 1.15 bits per heavy atom. The molecular weight excluding hydrogens is 328 g/mol. The summed E-state index contributed by atoms with van der Waals surface area (Å²) in [5.41, 5.74) is 1.34. The molecule has 0 radical (unpaired) electrons. The number of hydrogen-bond acceptors (Lipinski definition) is 3. The molecule has 0 N–H and O–H groups in total. The molecule has 1 saturated heterocycles. The van der Waals surface area contributed by atoms with Crippen molar-refractivity contribution < 1.29 is 14.0 Å². The number of nitrogens with zero attached hydrogens (tertiary/aromatic N) is 2. The summed E-state index contributed by atoms with van der Waals surface area (Å²) in [6.07, 6.45) is 6.82. The first-order valence-electron chi connectivity index (χ1n) is 9.97. The molecule has 3 fully saturated rings. The van der Waals surface area contributed by atoms with E-state index in [1.807, 2.05) is 11.8 Å². The van der Waals surface area contributed by atoms with Gasteiger partial charge in [0.2, 0.25) is 5.91 Å². The van der Waals surface area contributed by atoms with Crippen LogP contribution in [0.25, 0.3) is 0 Å². The van der Waals surface area contributed by atoms with Crippen molar-refractivity contribution in [3.63, 3.8) is 0 Å². The van der Waals surface area contributed by atoms with Crippen molar-refractivity contribution >= 4 is 11.8 Å². The van der Waals surface area contributed by atoms with E-state index in [-0.39, 0.29) is 22.8 Å². The summed E-state index contributed by atoms with van der Waals surface area (Å²) in [5, 5.41) is 0. The van der Waals surface area contributed by atoms with Gasteiger partial charge in [0.1, 0.15) is 5.76 Å². The fraction of sp³-hybridized carbons (Fsp3) is 0.714. The quantitative estimate of drug-likeness (QED) is 0.827. The predicted molar refractivity (Wildman–Crippen MR) is 99.1 cm³/mol. The van der Waals surface area contributed by atoms with Gasteiger partial charge in [0.05, 0.1) is 17.4 Å². The van der Waals surface area contributed by atoms with E-state index in [0.717, 1.165) is 49.0 Å². The van der Waals surface area contributed by atoms with Crippen LogP contribution in [-0.4, -0.2) is 46.8 Å². The van der Waals surface area contributed by atoms with Crippen LogP contribution in [-0.2, 0) is 4.79 Å². The summed E-state index contributed by atoms with van der Waals surface area (Å²) in [7, 11) is 0. The van der Waals surface area contributed by atoms with Gasteiger partial charge < -0.3 is 14.2 Å². The van der Waals surface area contributed by atoms with Crippen molar-refractivity contribution in [2.24, 2.45) is 5.41 Å². The SMILES string of the molecule is Cc1coc(C(C)C)c1C(=O)N1CCN(C(=O)C2(C)CC2)CC12CCC2. The Hall–Kier alpha value is -1.78. The highest BCUT2D eigenvalue weighted by Gasteiger charge is 2.54. The highest BCUT2D eigenvalue weighted by Crippen LogP contribution is 2.48. The summed E-state index contributed by atoms with van der Waals surface area (Å²) in [6.45, 7) is 10.1. The van der Waals surface area contributed by atoms with Gasteiger partial charge in [0, 0.05) is 36.5 Å². The Morgan fingerprint density at radius 2 is 1.85 bits per heavy atom. The van der Waals surface area contributed by atoms with Gasteiger partial charge in [-0.3, -0.25) is 9.59 Å². The van der Waals surface area contributed by atoms with E-state index in [1.165, 1.54) is 0 Å². The number of amides is 2. The van der Waals surface area contributed by atoms with Crippen molar-refractivity contribution in [1.82, 2.24) is 9.80 Å². The van der Waals surface area contributed by atoms with E-state index in [0.29, 0.717) is 25.5 Å². The zero-order chi connectivity index (χ0) is 18.7. The van der Waals surface area contributed by atoms with Crippen molar-refractivity contribution in [3.05, 3.63) is 23.2 Å². The lowest BCUT2D eigenvalue weighted by Crippen LogP contribution is -2.68. The lowest BCUT2D eigenvalue weighted by atomic mass is 9.73. The first-order valence-corrected chi connectivity index (χ1v) is 9.97. The molecule has 2 heterocycles. The predicted octanol–water partition coefficient (Wildman–Crippen LogP) is 3.72. The van der Waals surface area contributed by atoms with E-state index in [2.05, 4.69) is 25.7 Å². The number of rotatable bonds is 3. The number of aryl methyl sites for hydroxylation is 1. The van der Waals surface area contributed by atoms with Crippen LogP contribution in [0.4, 0.5) is 0 Å². The van der Waals surface area contributed by atoms with E-state index < -0.39 is 0 Å². The van der Waals surface area contributed by atoms with Gasteiger partial charge >= 0.3 is 0 Å². The molecule has 1 spiro atoms. The van der Waals surface area contributed by atoms with Crippen LogP contribution in [0.3, 0.4) is 0 Å². The van der Waals surface area contributed by atoms with Gasteiger partial charge in [-0.2, -0.15) is 0 Å². The molecule has 0 bridgehead atoms. The average molecular weight is 358 g/mol. The molecule has 1 aromatic heterocycles. The molecule has 4 rings (SSSR count). The third-order valence-electron chi connectivity index (χ3n) is 6.73. The van der Waals surface area contributed by atoms with Crippen molar-refractivity contribution in [2.75, 3.05) is 19.6 Å². The number of carbonyl (C=O) groups excluding carboxylic acids is 2. The average Bonchev–Trinajstić information content (AvgIpc) is 3.21. The zero-order valence-electron chi connectivity index (χ0n) is 16.4. The highest BCUT2D eigenvalue weighted by molar-refractivity contribution is 5.97.